The summed E-state index contributed by atoms with van der Waals surface area (Å²) in [6, 6.07) is 7.43. The molecule has 90 valence electrons. The normalized spacial score (nSPS) is 11.4. The fourth-order valence-corrected chi connectivity index (χ4v) is 2.02. The van der Waals surface area contributed by atoms with Crippen molar-refractivity contribution in [3.8, 4) is 5.75 Å². The number of rotatable bonds is 6. The van der Waals surface area contributed by atoms with Gasteiger partial charge in [0.1, 0.15) is 12.4 Å². The molecule has 1 rings (SSSR count). The Hall–Kier alpha value is -0.590. The Morgan fingerprint density at radius 1 is 1.38 bits per heavy atom. The molecule has 0 amide bonds. The molecule has 6 heteroatoms. The second kappa shape index (κ2) is 6.22. The highest BCUT2D eigenvalue weighted by Crippen LogP contribution is 2.23. The molecule has 0 aromatic heterocycles. The van der Waals surface area contributed by atoms with Gasteiger partial charge in [-0.2, -0.15) is 0 Å². The standard InChI is InChI=1S/C10H14BrNO3S/c1-2-16(13,14)12-7-8-15-10-6-4-3-5-9(10)11/h3-6,12H,2,7-8H2,1H3. The van der Waals surface area contributed by atoms with Crippen LogP contribution in [0, 0.1) is 0 Å². The summed E-state index contributed by atoms with van der Waals surface area (Å²) in [6.07, 6.45) is 0. The smallest absolute Gasteiger partial charge is 0.211 e. The number of sulfonamides is 1. The maximum atomic E-state index is 11.1. The van der Waals surface area contributed by atoms with Crippen LogP contribution in [0.25, 0.3) is 0 Å². The number of hydrogen-bond donors (Lipinski definition) is 1. The first-order valence-corrected chi connectivity index (χ1v) is 7.34. The summed E-state index contributed by atoms with van der Waals surface area (Å²) < 4.78 is 30.9. The molecule has 0 atom stereocenters. The van der Waals surface area contributed by atoms with Crippen molar-refractivity contribution >= 4 is 26.0 Å². The van der Waals surface area contributed by atoms with Crippen LogP contribution in [0.2, 0.25) is 0 Å². The maximum absolute atomic E-state index is 11.1. The molecule has 0 spiro atoms. The molecule has 0 saturated heterocycles. The van der Waals surface area contributed by atoms with Crippen LogP contribution < -0.4 is 9.46 Å². The van der Waals surface area contributed by atoms with Gasteiger partial charge in [0.05, 0.1) is 10.2 Å². The van der Waals surface area contributed by atoms with E-state index in [9.17, 15) is 8.42 Å². The van der Waals surface area contributed by atoms with Gasteiger partial charge in [0.2, 0.25) is 10.0 Å². The fourth-order valence-electron chi connectivity index (χ4n) is 1.02. The van der Waals surface area contributed by atoms with Gasteiger partial charge in [-0.05, 0) is 35.0 Å². The van der Waals surface area contributed by atoms with E-state index in [2.05, 4.69) is 20.7 Å². The zero-order valence-corrected chi connectivity index (χ0v) is 11.3. The van der Waals surface area contributed by atoms with Gasteiger partial charge in [-0.15, -0.1) is 0 Å². The van der Waals surface area contributed by atoms with Crippen molar-refractivity contribution in [2.45, 2.75) is 6.92 Å². The molecule has 1 N–H and O–H groups in total. The Morgan fingerprint density at radius 2 is 2.06 bits per heavy atom. The van der Waals surface area contributed by atoms with Gasteiger partial charge in [-0.25, -0.2) is 13.1 Å². The monoisotopic (exact) mass is 307 g/mol. The molecule has 0 fully saturated rings. The van der Waals surface area contributed by atoms with E-state index in [1.165, 1.54) is 0 Å². The number of nitrogens with one attached hydrogen (secondary N) is 1. The highest BCUT2D eigenvalue weighted by molar-refractivity contribution is 9.10. The number of ether oxygens (including phenoxy) is 1. The van der Waals surface area contributed by atoms with E-state index in [1.54, 1.807) is 6.92 Å². The van der Waals surface area contributed by atoms with Gasteiger partial charge in [0.15, 0.2) is 0 Å². The quantitative estimate of drug-likeness (QED) is 0.815. The minimum atomic E-state index is -3.13. The van der Waals surface area contributed by atoms with Crippen LogP contribution in [0.1, 0.15) is 6.92 Å². The molecular formula is C10H14BrNO3S. The Kier molecular flexibility index (Phi) is 5.24. The Bertz CT molecular complexity index is 433. The van der Waals surface area contributed by atoms with Crippen LogP contribution in [-0.4, -0.2) is 27.3 Å². The van der Waals surface area contributed by atoms with E-state index >= 15 is 0 Å². The van der Waals surface area contributed by atoms with Crippen molar-refractivity contribution in [3.05, 3.63) is 28.7 Å². The van der Waals surface area contributed by atoms with Crippen molar-refractivity contribution < 1.29 is 13.2 Å². The molecule has 16 heavy (non-hydrogen) atoms. The third kappa shape index (κ3) is 4.51. The second-order valence-electron chi connectivity index (χ2n) is 3.08. The van der Waals surface area contributed by atoms with E-state index < -0.39 is 10.0 Å². The molecular weight excluding hydrogens is 294 g/mol. The fraction of sp³-hybridized carbons (Fsp3) is 0.400. The van der Waals surface area contributed by atoms with Gasteiger partial charge in [0.25, 0.3) is 0 Å². The first-order valence-electron chi connectivity index (χ1n) is 4.90. The van der Waals surface area contributed by atoms with Crippen molar-refractivity contribution in [3.63, 3.8) is 0 Å². The molecule has 0 bridgehead atoms. The van der Waals surface area contributed by atoms with Crippen LogP contribution in [0.15, 0.2) is 28.7 Å². The average Bonchev–Trinajstić information content (AvgIpc) is 2.27. The lowest BCUT2D eigenvalue weighted by atomic mass is 10.3. The van der Waals surface area contributed by atoms with Crippen LogP contribution >= 0.6 is 15.9 Å². The number of hydrogen-bond acceptors (Lipinski definition) is 3. The van der Waals surface area contributed by atoms with E-state index in [0.717, 1.165) is 4.47 Å². The Balaban J connectivity index is 2.35. The average molecular weight is 308 g/mol. The minimum absolute atomic E-state index is 0.0853. The van der Waals surface area contributed by atoms with Gasteiger partial charge in [-0.3, -0.25) is 0 Å². The molecule has 0 saturated carbocycles. The van der Waals surface area contributed by atoms with Crippen molar-refractivity contribution in [2.75, 3.05) is 18.9 Å². The predicted octanol–water partition coefficient (Wildman–Crippen LogP) is 1.77. The van der Waals surface area contributed by atoms with Crippen LogP contribution in [0.3, 0.4) is 0 Å². The lowest BCUT2D eigenvalue weighted by Gasteiger charge is -2.08. The van der Waals surface area contributed by atoms with Gasteiger partial charge in [0, 0.05) is 6.54 Å². The molecule has 0 radical (unpaired) electrons. The van der Waals surface area contributed by atoms with Gasteiger partial charge < -0.3 is 4.74 Å². The van der Waals surface area contributed by atoms with Crippen LogP contribution in [0.5, 0.6) is 5.75 Å². The summed E-state index contributed by atoms with van der Waals surface area (Å²) in [5.41, 5.74) is 0. The number of para-hydroxylation sites is 1. The number of benzene rings is 1. The van der Waals surface area contributed by atoms with Crippen molar-refractivity contribution in [1.82, 2.24) is 4.72 Å². The third-order valence-electron chi connectivity index (χ3n) is 1.90. The SMILES string of the molecule is CCS(=O)(=O)NCCOc1ccccc1Br. The summed E-state index contributed by atoms with van der Waals surface area (Å²) in [4.78, 5) is 0. The summed E-state index contributed by atoms with van der Waals surface area (Å²) in [5.74, 6) is 0.792. The minimum Gasteiger partial charge on any atom is -0.491 e. The molecule has 0 aliphatic rings. The van der Waals surface area contributed by atoms with E-state index in [4.69, 9.17) is 4.74 Å². The molecule has 4 nitrogen and oxygen atoms in total. The Labute approximate surface area is 104 Å². The second-order valence-corrected chi connectivity index (χ2v) is 6.03. The molecule has 0 heterocycles. The first kappa shape index (κ1) is 13.5. The molecule has 0 unspecified atom stereocenters. The summed E-state index contributed by atoms with van der Waals surface area (Å²) in [7, 11) is -3.13. The maximum Gasteiger partial charge on any atom is 0.211 e. The topological polar surface area (TPSA) is 55.4 Å². The molecule has 0 aliphatic carbocycles. The van der Waals surface area contributed by atoms with E-state index in [-0.39, 0.29) is 12.3 Å². The number of halogens is 1. The zero-order chi connectivity index (χ0) is 12.0. The van der Waals surface area contributed by atoms with E-state index in [1.807, 2.05) is 24.3 Å². The van der Waals surface area contributed by atoms with Crippen molar-refractivity contribution in [1.29, 1.82) is 0 Å². The Morgan fingerprint density at radius 3 is 2.69 bits per heavy atom. The molecule has 1 aromatic carbocycles. The lowest BCUT2D eigenvalue weighted by Crippen LogP contribution is -2.29. The lowest BCUT2D eigenvalue weighted by molar-refractivity contribution is 0.321. The third-order valence-corrected chi connectivity index (χ3v) is 3.96. The first-order chi connectivity index (χ1) is 7.55. The van der Waals surface area contributed by atoms with Crippen molar-refractivity contribution in [2.24, 2.45) is 0 Å². The summed E-state index contributed by atoms with van der Waals surface area (Å²) in [5, 5.41) is 0. The van der Waals surface area contributed by atoms with E-state index in [0.29, 0.717) is 12.4 Å². The zero-order valence-electron chi connectivity index (χ0n) is 8.94. The van der Waals surface area contributed by atoms with Gasteiger partial charge >= 0.3 is 0 Å². The van der Waals surface area contributed by atoms with Gasteiger partial charge in [-0.1, -0.05) is 12.1 Å². The van der Waals surface area contributed by atoms with Crippen LogP contribution in [-0.2, 0) is 10.0 Å². The summed E-state index contributed by atoms with van der Waals surface area (Å²) in [6.45, 7) is 2.18. The highest BCUT2D eigenvalue weighted by atomic mass is 79.9. The predicted molar refractivity (Wildman–Crippen MR) is 67.1 cm³/mol. The molecule has 0 aliphatic heterocycles. The molecule has 1 aromatic rings. The highest BCUT2D eigenvalue weighted by Gasteiger charge is 2.05. The van der Waals surface area contributed by atoms with Crippen LogP contribution in [0.4, 0.5) is 0 Å². The summed E-state index contributed by atoms with van der Waals surface area (Å²) >= 11 is 3.34. The largest absolute Gasteiger partial charge is 0.491 e.